The molecule has 0 saturated heterocycles. The molecule has 6 nitrogen and oxygen atoms in total. The molecule has 6 heteroatoms. The Morgan fingerprint density at radius 1 is 0.960 bits per heavy atom. The van der Waals surface area contributed by atoms with Crippen LogP contribution in [0, 0.1) is 0 Å². The van der Waals surface area contributed by atoms with E-state index in [-0.39, 0.29) is 24.5 Å². The fourth-order valence-corrected chi connectivity index (χ4v) is 2.29. The van der Waals surface area contributed by atoms with Crippen LogP contribution in [0.3, 0.4) is 0 Å². The molecule has 0 aliphatic rings. The van der Waals surface area contributed by atoms with Crippen LogP contribution in [0.25, 0.3) is 0 Å². The van der Waals surface area contributed by atoms with Gasteiger partial charge in [-0.3, -0.25) is 4.79 Å². The fraction of sp³-hybridized carbons (Fsp3) is 0.263. The quantitative estimate of drug-likeness (QED) is 0.723. The Hall–Kier alpha value is -2.86. The van der Waals surface area contributed by atoms with E-state index < -0.39 is 0 Å². The highest BCUT2D eigenvalue weighted by atomic mass is 16.5. The van der Waals surface area contributed by atoms with Gasteiger partial charge in [0.15, 0.2) is 0 Å². The first-order chi connectivity index (χ1) is 12.1. The Morgan fingerprint density at radius 3 is 2.16 bits per heavy atom. The lowest BCUT2D eigenvalue weighted by Gasteiger charge is -2.14. The highest BCUT2D eigenvalue weighted by molar-refractivity contribution is 5.93. The number of ether oxygens (including phenoxy) is 1. The number of carbonyl (C=O) groups is 2. The van der Waals surface area contributed by atoms with Gasteiger partial charge in [-0.1, -0.05) is 37.3 Å². The zero-order valence-electron chi connectivity index (χ0n) is 14.4. The van der Waals surface area contributed by atoms with Crippen LogP contribution in [-0.4, -0.2) is 32.2 Å². The maximum Gasteiger partial charge on any atom is 0.319 e. The zero-order chi connectivity index (χ0) is 18.1. The molecule has 0 aliphatic carbocycles. The van der Waals surface area contributed by atoms with Crippen molar-refractivity contribution in [3.8, 4) is 0 Å². The summed E-state index contributed by atoms with van der Waals surface area (Å²) in [6.07, 6.45) is 0. The SMILES string of the molecule is COCC(=O)Nc1ccc(NC(=O)NC[C@H](C)c2ccccc2)cc1. The van der Waals surface area contributed by atoms with Crippen molar-refractivity contribution in [2.75, 3.05) is 30.9 Å². The lowest BCUT2D eigenvalue weighted by molar-refractivity contribution is -0.119. The highest BCUT2D eigenvalue weighted by Gasteiger charge is 2.08. The Bertz CT molecular complexity index is 687. The summed E-state index contributed by atoms with van der Waals surface area (Å²) in [6, 6.07) is 16.6. The Labute approximate surface area is 147 Å². The minimum atomic E-state index is -0.265. The summed E-state index contributed by atoms with van der Waals surface area (Å²) in [7, 11) is 1.46. The van der Waals surface area contributed by atoms with Crippen LogP contribution < -0.4 is 16.0 Å². The van der Waals surface area contributed by atoms with Gasteiger partial charge < -0.3 is 20.7 Å². The van der Waals surface area contributed by atoms with E-state index in [1.54, 1.807) is 24.3 Å². The Morgan fingerprint density at radius 2 is 1.56 bits per heavy atom. The van der Waals surface area contributed by atoms with Crippen molar-refractivity contribution in [3.05, 3.63) is 60.2 Å². The predicted molar refractivity (Wildman–Crippen MR) is 98.8 cm³/mol. The summed E-state index contributed by atoms with van der Waals surface area (Å²) in [5.41, 5.74) is 2.47. The van der Waals surface area contributed by atoms with Gasteiger partial charge in [0.2, 0.25) is 5.91 Å². The molecule has 3 amide bonds. The van der Waals surface area contributed by atoms with Crippen LogP contribution in [-0.2, 0) is 9.53 Å². The number of anilines is 2. The number of methoxy groups -OCH3 is 1. The second-order valence-corrected chi connectivity index (χ2v) is 5.71. The molecule has 0 saturated carbocycles. The molecule has 2 aromatic rings. The van der Waals surface area contributed by atoms with Crippen LogP contribution >= 0.6 is 0 Å². The van der Waals surface area contributed by atoms with Gasteiger partial charge in [-0.25, -0.2) is 4.79 Å². The van der Waals surface area contributed by atoms with Gasteiger partial charge in [0.25, 0.3) is 0 Å². The van der Waals surface area contributed by atoms with Gasteiger partial charge in [-0.05, 0) is 35.7 Å². The fourth-order valence-electron chi connectivity index (χ4n) is 2.29. The van der Waals surface area contributed by atoms with Crippen molar-refractivity contribution in [1.29, 1.82) is 0 Å². The van der Waals surface area contributed by atoms with Gasteiger partial charge in [-0.2, -0.15) is 0 Å². The van der Waals surface area contributed by atoms with Crippen molar-refractivity contribution >= 4 is 23.3 Å². The van der Waals surface area contributed by atoms with Crippen LogP contribution in [0.2, 0.25) is 0 Å². The summed E-state index contributed by atoms with van der Waals surface area (Å²) in [6.45, 7) is 2.61. The molecule has 0 aromatic heterocycles. The molecule has 0 aliphatic heterocycles. The van der Waals surface area contributed by atoms with E-state index in [0.29, 0.717) is 17.9 Å². The second kappa shape index (κ2) is 9.44. The Kier molecular flexibility index (Phi) is 6.98. The number of benzene rings is 2. The summed E-state index contributed by atoms with van der Waals surface area (Å²) in [4.78, 5) is 23.4. The number of rotatable bonds is 7. The summed E-state index contributed by atoms with van der Waals surface area (Å²) >= 11 is 0. The zero-order valence-corrected chi connectivity index (χ0v) is 14.4. The number of urea groups is 1. The van der Waals surface area contributed by atoms with Crippen molar-refractivity contribution in [3.63, 3.8) is 0 Å². The van der Waals surface area contributed by atoms with Gasteiger partial charge in [0.05, 0.1) is 0 Å². The standard InChI is InChI=1S/C19H23N3O3/c1-14(15-6-4-3-5-7-15)12-20-19(24)22-17-10-8-16(9-11-17)21-18(23)13-25-2/h3-11,14H,12-13H2,1-2H3,(H,21,23)(H2,20,22,24)/t14-/m0/s1. The summed E-state index contributed by atoms with van der Waals surface area (Å²) < 4.78 is 4.75. The lowest BCUT2D eigenvalue weighted by Crippen LogP contribution is -2.31. The molecule has 0 fully saturated rings. The maximum atomic E-state index is 12.0. The normalized spacial score (nSPS) is 11.4. The first-order valence-corrected chi connectivity index (χ1v) is 8.07. The number of hydrogen-bond acceptors (Lipinski definition) is 3. The summed E-state index contributed by atoms with van der Waals surface area (Å²) in [5, 5.41) is 8.31. The van der Waals surface area contributed by atoms with Crippen LogP contribution in [0.4, 0.5) is 16.2 Å². The molecule has 25 heavy (non-hydrogen) atoms. The first kappa shape index (κ1) is 18.5. The van der Waals surface area contributed by atoms with E-state index in [4.69, 9.17) is 4.74 Å². The molecular formula is C19H23N3O3. The number of nitrogens with one attached hydrogen (secondary N) is 3. The predicted octanol–water partition coefficient (Wildman–Crippen LogP) is 3.20. The van der Waals surface area contributed by atoms with E-state index in [9.17, 15) is 9.59 Å². The van der Waals surface area contributed by atoms with Crippen LogP contribution in [0.1, 0.15) is 18.4 Å². The molecule has 0 radical (unpaired) electrons. The highest BCUT2D eigenvalue weighted by Crippen LogP contribution is 2.15. The second-order valence-electron chi connectivity index (χ2n) is 5.71. The average molecular weight is 341 g/mol. The molecule has 2 aromatic carbocycles. The molecule has 0 bridgehead atoms. The molecule has 0 spiro atoms. The third kappa shape index (κ3) is 6.27. The largest absolute Gasteiger partial charge is 0.375 e. The van der Waals surface area contributed by atoms with Gasteiger partial charge in [-0.15, -0.1) is 0 Å². The summed E-state index contributed by atoms with van der Waals surface area (Å²) in [5.74, 6) is 0.00109. The van der Waals surface area contributed by atoms with Crippen LogP contribution in [0.15, 0.2) is 54.6 Å². The van der Waals surface area contributed by atoms with E-state index in [0.717, 1.165) is 0 Å². The maximum absolute atomic E-state index is 12.0. The molecule has 2 rings (SSSR count). The van der Waals surface area contributed by atoms with Crippen LogP contribution in [0.5, 0.6) is 0 Å². The van der Waals surface area contributed by atoms with Crippen molar-refractivity contribution < 1.29 is 14.3 Å². The topological polar surface area (TPSA) is 79.5 Å². The third-order valence-electron chi connectivity index (χ3n) is 3.64. The number of amides is 3. The van der Waals surface area contributed by atoms with Gasteiger partial charge >= 0.3 is 6.03 Å². The molecular weight excluding hydrogens is 318 g/mol. The van der Waals surface area contributed by atoms with Gasteiger partial charge in [0, 0.05) is 25.0 Å². The molecule has 132 valence electrons. The van der Waals surface area contributed by atoms with E-state index in [2.05, 4.69) is 22.9 Å². The smallest absolute Gasteiger partial charge is 0.319 e. The molecule has 3 N–H and O–H groups in total. The van der Waals surface area contributed by atoms with E-state index in [1.807, 2.05) is 30.3 Å². The van der Waals surface area contributed by atoms with Gasteiger partial charge in [0.1, 0.15) is 6.61 Å². The first-order valence-electron chi connectivity index (χ1n) is 8.07. The lowest BCUT2D eigenvalue weighted by atomic mass is 10.0. The van der Waals surface area contributed by atoms with E-state index in [1.165, 1.54) is 12.7 Å². The van der Waals surface area contributed by atoms with Crippen molar-refractivity contribution in [1.82, 2.24) is 5.32 Å². The van der Waals surface area contributed by atoms with E-state index >= 15 is 0 Å². The minimum Gasteiger partial charge on any atom is -0.375 e. The average Bonchev–Trinajstić information content (AvgIpc) is 2.62. The molecule has 0 heterocycles. The number of carbonyl (C=O) groups excluding carboxylic acids is 2. The monoisotopic (exact) mass is 341 g/mol. The minimum absolute atomic E-state index is 0.00199. The molecule has 0 unspecified atom stereocenters. The van der Waals surface area contributed by atoms with Crippen molar-refractivity contribution in [2.24, 2.45) is 0 Å². The number of hydrogen-bond donors (Lipinski definition) is 3. The third-order valence-corrected chi connectivity index (χ3v) is 3.64. The Balaban J connectivity index is 1.79. The van der Waals surface area contributed by atoms with Crippen molar-refractivity contribution in [2.45, 2.75) is 12.8 Å². The molecule has 1 atom stereocenters.